The molecule has 102 valence electrons. The van der Waals surface area contributed by atoms with E-state index in [2.05, 4.69) is 44.6 Å². The number of nitrogens with one attached hydrogen (secondary N) is 1. The summed E-state index contributed by atoms with van der Waals surface area (Å²) in [5.74, 6) is 0. The summed E-state index contributed by atoms with van der Waals surface area (Å²) in [5, 5.41) is 4.33. The molecule has 0 saturated heterocycles. The zero-order valence-electron chi connectivity index (χ0n) is 11.0. The summed E-state index contributed by atoms with van der Waals surface area (Å²) in [7, 11) is 0. The molecule has 0 bridgehead atoms. The molecule has 2 unspecified atom stereocenters. The van der Waals surface area contributed by atoms with Crippen molar-refractivity contribution in [2.45, 2.75) is 32.5 Å². The lowest BCUT2D eigenvalue weighted by molar-refractivity contribution is 0.430. The molecule has 0 saturated carbocycles. The third-order valence-corrected chi connectivity index (χ3v) is 3.83. The van der Waals surface area contributed by atoms with Crippen LogP contribution in [0.4, 0.5) is 0 Å². The van der Waals surface area contributed by atoms with Gasteiger partial charge in [0.05, 0.1) is 6.33 Å². The summed E-state index contributed by atoms with van der Waals surface area (Å²) in [5.41, 5.74) is 1.11. The van der Waals surface area contributed by atoms with Crippen molar-refractivity contribution in [2.75, 3.05) is 0 Å². The molecule has 0 spiro atoms. The molecule has 3 nitrogen and oxygen atoms in total. The molecule has 0 radical (unpaired) electrons. The van der Waals surface area contributed by atoms with Crippen molar-refractivity contribution in [3.63, 3.8) is 0 Å². The van der Waals surface area contributed by atoms with E-state index in [1.54, 1.807) is 6.20 Å². The molecule has 0 aliphatic heterocycles. The third-order valence-electron chi connectivity index (χ3n) is 3.01. The molecule has 2 rings (SSSR count). The van der Waals surface area contributed by atoms with E-state index in [0.717, 1.165) is 21.6 Å². The predicted octanol–water partition coefficient (Wildman–Crippen LogP) is 4.04. The fraction of sp³-hybridized carbons (Fsp3) is 0.357. The average molecular weight is 343 g/mol. The van der Waals surface area contributed by atoms with Crippen LogP contribution in [0.1, 0.15) is 25.5 Å². The highest BCUT2D eigenvalue weighted by atomic mass is 79.9. The van der Waals surface area contributed by atoms with Crippen LogP contribution in [0.25, 0.3) is 0 Å². The van der Waals surface area contributed by atoms with E-state index in [1.807, 2.05) is 30.7 Å². The van der Waals surface area contributed by atoms with Gasteiger partial charge in [-0.05, 0) is 31.5 Å². The van der Waals surface area contributed by atoms with Crippen molar-refractivity contribution < 1.29 is 0 Å². The molecule has 1 N–H and O–H groups in total. The lowest BCUT2D eigenvalue weighted by Gasteiger charge is -2.21. The summed E-state index contributed by atoms with van der Waals surface area (Å²) in [4.78, 5) is 4.05. The maximum absolute atomic E-state index is 6.27. The van der Waals surface area contributed by atoms with Crippen LogP contribution >= 0.6 is 27.5 Å². The molecule has 5 heteroatoms. The van der Waals surface area contributed by atoms with Gasteiger partial charge in [-0.2, -0.15) is 0 Å². The normalized spacial score (nSPS) is 14.3. The van der Waals surface area contributed by atoms with E-state index >= 15 is 0 Å². The molecular formula is C14H17BrClN3. The van der Waals surface area contributed by atoms with Crippen LogP contribution in [0.2, 0.25) is 5.02 Å². The third kappa shape index (κ3) is 4.06. The fourth-order valence-corrected chi connectivity index (χ4v) is 2.97. The van der Waals surface area contributed by atoms with Gasteiger partial charge in [-0.25, -0.2) is 4.98 Å². The summed E-state index contributed by atoms with van der Waals surface area (Å²) < 4.78 is 3.06. The first kappa shape index (κ1) is 14.6. The van der Waals surface area contributed by atoms with E-state index in [9.17, 15) is 0 Å². The topological polar surface area (TPSA) is 29.9 Å². The summed E-state index contributed by atoms with van der Waals surface area (Å²) in [6, 6.07) is 6.53. The standard InChI is InChI=1S/C14H17BrClN3/c1-10(8-19-6-5-17-9-19)18-11(2)13-4-3-12(15)7-14(13)16/h3-7,9-11,18H,8H2,1-2H3. The maximum Gasteiger partial charge on any atom is 0.0946 e. The monoisotopic (exact) mass is 341 g/mol. The SMILES string of the molecule is CC(Cn1ccnc1)NC(C)c1ccc(Br)cc1Cl. The summed E-state index contributed by atoms with van der Waals surface area (Å²) in [6.07, 6.45) is 5.59. The van der Waals surface area contributed by atoms with Gasteiger partial charge in [-0.15, -0.1) is 0 Å². The molecule has 0 fully saturated rings. The lowest BCUT2D eigenvalue weighted by Crippen LogP contribution is -2.32. The highest BCUT2D eigenvalue weighted by molar-refractivity contribution is 9.10. The van der Waals surface area contributed by atoms with Gasteiger partial charge in [-0.3, -0.25) is 0 Å². The first-order chi connectivity index (χ1) is 9.06. The summed E-state index contributed by atoms with van der Waals surface area (Å²) in [6.45, 7) is 5.17. The van der Waals surface area contributed by atoms with Crippen molar-refractivity contribution in [3.8, 4) is 0 Å². The Morgan fingerprint density at radius 2 is 2.21 bits per heavy atom. The number of rotatable bonds is 5. The molecule has 2 atom stereocenters. The van der Waals surface area contributed by atoms with Crippen LogP contribution in [0.5, 0.6) is 0 Å². The zero-order chi connectivity index (χ0) is 13.8. The number of benzene rings is 1. The van der Waals surface area contributed by atoms with E-state index < -0.39 is 0 Å². The van der Waals surface area contributed by atoms with Gasteiger partial charge in [0.2, 0.25) is 0 Å². The van der Waals surface area contributed by atoms with Crippen molar-refractivity contribution in [1.82, 2.24) is 14.9 Å². The smallest absolute Gasteiger partial charge is 0.0946 e. The van der Waals surface area contributed by atoms with Crippen molar-refractivity contribution in [2.24, 2.45) is 0 Å². The van der Waals surface area contributed by atoms with Gasteiger partial charge in [0.1, 0.15) is 0 Å². The van der Waals surface area contributed by atoms with Crippen molar-refractivity contribution in [1.29, 1.82) is 0 Å². The van der Waals surface area contributed by atoms with Crippen LogP contribution in [0.15, 0.2) is 41.4 Å². The fourth-order valence-electron chi connectivity index (χ4n) is 2.13. The molecule has 1 aromatic heterocycles. The highest BCUT2D eigenvalue weighted by Gasteiger charge is 2.12. The predicted molar refractivity (Wildman–Crippen MR) is 82.4 cm³/mol. The van der Waals surface area contributed by atoms with E-state index in [1.165, 1.54) is 0 Å². The van der Waals surface area contributed by atoms with Gasteiger partial charge in [0, 0.05) is 40.5 Å². The van der Waals surface area contributed by atoms with Gasteiger partial charge in [0.25, 0.3) is 0 Å². The van der Waals surface area contributed by atoms with E-state index in [-0.39, 0.29) is 6.04 Å². The number of nitrogens with zero attached hydrogens (tertiary/aromatic N) is 2. The Kier molecular flexibility index (Phi) is 5.02. The quantitative estimate of drug-likeness (QED) is 0.889. The molecule has 1 heterocycles. The molecule has 19 heavy (non-hydrogen) atoms. The minimum absolute atomic E-state index is 0.208. The minimum atomic E-state index is 0.208. The van der Waals surface area contributed by atoms with Crippen LogP contribution < -0.4 is 5.32 Å². The Labute approximate surface area is 127 Å². The second kappa shape index (κ2) is 6.55. The van der Waals surface area contributed by atoms with Gasteiger partial charge in [0.15, 0.2) is 0 Å². The number of hydrogen-bond acceptors (Lipinski definition) is 2. The molecule has 0 aliphatic carbocycles. The van der Waals surface area contributed by atoms with E-state index in [0.29, 0.717) is 6.04 Å². The zero-order valence-corrected chi connectivity index (χ0v) is 13.3. The maximum atomic E-state index is 6.27. The Bertz CT molecular complexity index is 527. The van der Waals surface area contributed by atoms with Gasteiger partial charge >= 0.3 is 0 Å². The molecule has 0 amide bonds. The van der Waals surface area contributed by atoms with Gasteiger partial charge < -0.3 is 9.88 Å². The number of aromatic nitrogens is 2. The van der Waals surface area contributed by atoms with Crippen LogP contribution in [-0.4, -0.2) is 15.6 Å². The second-order valence-corrected chi connectivity index (χ2v) is 6.04. The Hall–Kier alpha value is -0.840. The molecule has 0 aliphatic rings. The first-order valence-electron chi connectivity index (χ1n) is 6.23. The minimum Gasteiger partial charge on any atom is -0.336 e. The number of hydrogen-bond donors (Lipinski definition) is 1. The molecule has 1 aromatic carbocycles. The van der Waals surface area contributed by atoms with Gasteiger partial charge in [-0.1, -0.05) is 33.6 Å². The van der Waals surface area contributed by atoms with E-state index in [4.69, 9.17) is 11.6 Å². The number of imidazole rings is 1. The molecule has 2 aromatic rings. The Morgan fingerprint density at radius 3 is 2.84 bits per heavy atom. The lowest BCUT2D eigenvalue weighted by atomic mass is 10.1. The largest absolute Gasteiger partial charge is 0.336 e. The summed E-state index contributed by atoms with van der Waals surface area (Å²) >= 11 is 9.69. The second-order valence-electron chi connectivity index (χ2n) is 4.71. The van der Waals surface area contributed by atoms with Crippen LogP contribution in [0.3, 0.4) is 0 Å². The average Bonchev–Trinajstić information content (AvgIpc) is 2.81. The van der Waals surface area contributed by atoms with Crippen molar-refractivity contribution >= 4 is 27.5 Å². The molecular weight excluding hydrogens is 326 g/mol. The van der Waals surface area contributed by atoms with Crippen molar-refractivity contribution in [3.05, 3.63) is 52.0 Å². The first-order valence-corrected chi connectivity index (χ1v) is 7.40. The Morgan fingerprint density at radius 1 is 1.42 bits per heavy atom. The van der Waals surface area contributed by atoms with Crippen LogP contribution in [-0.2, 0) is 6.54 Å². The van der Waals surface area contributed by atoms with Crippen LogP contribution in [0, 0.1) is 0 Å². The number of halogens is 2. The highest BCUT2D eigenvalue weighted by Crippen LogP contribution is 2.26. The Balaban J connectivity index is 1.98.